The van der Waals surface area contributed by atoms with Gasteiger partial charge in [-0.3, -0.25) is 0 Å². The van der Waals surface area contributed by atoms with Gasteiger partial charge in [0.2, 0.25) is 0 Å². The molecule has 1 aliphatic heterocycles. The molecule has 1 aromatic heterocycles. The van der Waals surface area contributed by atoms with E-state index in [1.807, 2.05) is 11.8 Å². The predicted octanol–water partition coefficient (Wildman–Crippen LogP) is 16.5. The van der Waals surface area contributed by atoms with E-state index in [0.717, 1.165) is 22.7 Å². The topological polar surface area (TPSA) is 8.17 Å². The molecule has 3 heteroatoms. The number of benzene rings is 11. The first-order valence-electron chi connectivity index (χ1n) is 22.1. The minimum atomic E-state index is -0.506. The van der Waals surface area contributed by atoms with Gasteiger partial charge in [-0.05, 0) is 121 Å². The van der Waals surface area contributed by atoms with Gasteiger partial charge in [-0.2, -0.15) is 0 Å². The number of hydrogen-bond donors (Lipinski definition) is 0. The molecule has 0 fully saturated rings. The van der Waals surface area contributed by atoms with Gasteiger partial charge in [0.15, 0.2) is 0 Å². The van der Waals surface area contributed by atoms with Crippen molar-refractivity contribution in [3.63, 3.8) is 0 Å². The van der Waals surface area contributed by atoms with Crippen LogP contribution in [0.2, 0.25) is 0 Å². The Kier molecular flexibility index (Phi) is 7.57. The van der Waals surface area contributed by atoms with E-state index < -0.39 is 5.41 Å². The lowest BCUT2D eigenvalue weighted by Crippen LogP contribution is -2.36. The molecule has 0 saturated carbocycles. The van der Waals surface area contributed by atoms with Crippen LogP contribution in [0.4, 0.5) is 17.1 Å². The zero-order chi connectivity index (χ0) is 41.9. The molecular weight excluding hydrogens is 793 g/mol. The quantitative estimate of drug-likeness (QED) is 0.175. The number of fused-ring (bicyclic) bond motifs is 13. The maximum atomic E-state index is 2.50. The van der Waals surface area contributed by atoms with Gasteiger partial charge < -0.3 is 9.47 Å². The zero-order valence-corrected chi connectivity index (χ0v) is 35.6. The third-order valence-corrected chi connectivity index (χ3v) is 15.1. The van der Waals surface area contributed by atoms with E-state index in [2.05, 4.69) is 240 Å². The normalized spacial score (nSPS) is 13.4. The fourth-order valence-electron chi connectivity index (χ4n) is 11.3. The third-order valence-electron chi connectivity index (χ3n) is 14.0. The Bertz CT molecular complexity index is 3870. The van der Waals surface area contributed by atoms with E-state index in [1.54, 1.807) is 0 Å². The lowest BCUT2D eigenvalue weighted by molar-refractivity contribution is 0.707. The lowest BCUT2D eigenvalue weighted by Gasteiger charge is -2.46. The lowest BCUT2D eigenvalue weighted by atomic mass is 9.59. The molecule has 0 bridgehead atoms. The first-order valence-corrected chi connectivity index (χ1v) is 22.9. The average Bonchev–Trinajstić information content (AvgIpc) is 3.69. The Hall–Kier alpha value is -7.85. The zero-order valence-electron chi connectivity index (χ0n) is 34.7. The van der Waals surface area contributed by atoms with Crippen LogP contribution in [0.5, 0.6) is 0 Å². The van der Waals surface area contributed by atoms with Crippen molar-refractivity contribution in [2.24, 2.45) is 0 Å². The van der Waals surface area contributed by atoms with Gasteiger partial charge in [0.25, 0.3) is 0 Å². The summed E-state index contributed by atoms with van der Waals surface area (Å²) in [5.41, 5.74) is 14.3. The summed E-state index contributed by atoms with van der Waals surface area (Å²) in [6, 6.07) is 86.1. The second kappa shape index (κ2) is 13.6. The highest BCUT2D eigenvalue weighted by atomic mass is 32.2. The molecule has 0 amide bonds. The molecule has 1 spiro atoms. The predicted molar refractivity (Wildman–Crippen MR) is 269 cm³/mol. The highest BCUT2D eigenvalue weighted by Gasteiger charge is 2.48. The molecule has 11 aromatic carbocycles. The molecule has 298 valence electrons. The fourth-order valence-corrected chi connectivity index (χ4v) is 12.5. The maximum Gasteiger partial charge on any atom is 0.0735 e. The molecule has 2 nitrogen and oxygen atoms in total. The van der Waals surface area contributed by atoms with Crippen LogP contribution in [0, 0.1) is 0 Å². The van der Waals surface area contributed by atoms with Crippen molar-refractivity contribution in [1.82, 2.24) is 4.57 Å². The summed E-state index contributed by atoms with van der Waals surface area (Å²) in [7, 11) is 0. The van der Waals surface area contributed by atoms with E-state index in [0.29, 0.717) is 0 Å². The van der Waals surface area contributed by atoms with Gasteiger partial charge in [-0.1, -0.05) is 182 Å². The van der Waals surface area contributed by atoms with Crippen LogP contribution in [-0.4, -0.2) is 4.57 Å². The molecule has 1 aliphatic carbocycles. The molecule has 0 atom stereocenters. The van der Waals surface area contributed by atoms with Crippen LogP contribution in [-0.2, 0) is 5.41 Å². The van der Waals surface area contributed by atoms with Crippen LogP contribution in [0.3, 0.4) is 0 Å². The summed E-state index contributed by atoms with van der Waals surface area (Å²) in [4.78, 5) is 5.11. The standard InChI is InChI=1S/C61H38N2S/c1-3-16-41-36-43(30-28-39(41)14-1)62(45-32-33-48-47-19-6-10-25-55(47)63(57(48)38-45)44-31-29-40-15-2-4-17-42(40)37-44)56-35-34-49-46-18-5-7-21-51(46)61(54-24-13-20-50(56)60(49)54)52-22-8-11-26-58(52)64-59-27-12-9-23-53(59)61/h1-38H. The highest BCUT2D eigenvalue weighted by Crippen LogP contribution is 2.62. The molecule has 0 radical (unpaired) electrons. The Labute approximate surface area is 375 Å². The number of nitrogens with zero attached hydrogens (tertiary/aromatic N) is 2. The van der Waals surface area contributed by atoms with Crippen molar-refractivity contribution in [3.05, 3.63) is 253 Å². The van der Waals surface area contributed by atoms with Gasteiger partial charge in [0.05, 0.1) is 22.1 Å². The first-order chi connectivity index (χ1) is 31.7. The summed E-state index contributed by atoms with van der Waals surface area (Å²) < 4.78 is 2.45. The Morgan fingerprint density at radius 2 is 0.938 bits per heavy atom. The molecule has 0 unspecified atom stereocenters. The molecule has 12 aromatic rings. The minimum Gasteiger partial charge on any atom is -0.310 e. The van der Waals surface area contributed by atoms with Crippen molar-refractivity contribution < 1.29 is 0 Å². The molecule has 0 saturated heterocycles. The van der Waals surface area contributed by atoms with Crippen molar-refractivity contribution in [2.45, 2.75) is 15.2 Å². The Balaban J connectivity index is 1.08. The van der Waals surface area contributed by atoms with Gasteiger partial charge in [0, 0.05) is 43.0 Å². The van der Waals surface area contributed by atoms with Crippen molar-refractivity contribution in [1.29, 1.82) is 0 Å². The molecule has 0 N–H and O–H groups in total. The van der Waals surface area contributed by atoms with Gasteiger partial charge in [0.1, 0.15) is 0 Å². The van der Waals surface area contributed by atoms with Crippen LogP contribution in [0.15, 0.2) is 240 Å². The fraction of sp³-hybridized carbons (Fsp3) is 0.0164. The van der Waals surface area contributed by atoms with E-state index >= 15 is 0 Å². The van der Waals surface area contributed by atoms with Crippen molar-refractivity contribution >= 4 is 82.9 Å². The average molecular weight is 831 g/mol. The molecular formula is C61H38N2S. The molecule has 2 aliphatic rings. The Morgan fingerprint density at radius 1 is 0.359 bits per heavy atom. The second-order valence-electron chi connectivity index (χ2n) is 17.2. The molecule has 14 rings (SSSR count). The number of rotatable bonds is 4. The Morgan fingerprint density at radius 3 is 1.73 bits per heavy atom. The number of para-hydroxylation sites is 1. The van der Waals surface area contributed by atoms with E-state index in [9.17, 15) is 0 Å². The summed E-state index contributed by atoms with van der Waals surface area (Å²) in [6.07, 6.45) is 0. The van der Waals surface area contributed by atoms with Gasteiger partial charge >= 0.3 is 0 Å². The smallest absolute Gasteiger partial charge is 0.0735 e. The number of hydrogen-bond acceptors (Lipinski definition) is 2. The number of anilines is 3. The molecule has 64 heavy (non-hydrogen) atoms. The summed E-state index contributed by atoms with van der Waals surface area (Å²) in [5.74, 6) is 0. The summed E-state index contributed by atoms with van der Waals surface area (Å²) in [6.45, 7) is 0. The first kappa shape index (κ1) is 35.7. The second-order valence-corrected chi connectivity index (χ2v) is 18.3. The van der Waals surface area contributed by atoms with Crippen molar-refractivity contribution in [3.8, 4) is 16.8 Å². The minimum absolute atomic E-state index is 0.506. The van der Waals surface area contributed by atoms with Gasteiger partial charge in [-0.25, -0.2) is 0 Å². The highest BCUT2D eigenvalue weighted by molar-refractivity contribution is 7.99. The SMILES string of the molecule is c1ccc2c(c1)Sc1ccccc1C21c2ccccc2-c2ccc(N(c3ccc4ccccc4c3)c3ccc4c5ccccc5n(-c5ccc6ccccc6c5)c4c3)c3cccc1c23. The van der Waals surface area contributed by atoms with Crippen molar-refractivity contribution in [2.75, 3.05) is 4.90 Å². The monoisotopic (exact) mass is 830 g/mol. The van der Waals surface area contributed by atoms with E-state index in [-0.39, 0.29) is 0 Å². The van der Waals surface area contributed by atoms with Crippen LogP contribution in [0.25, 0.3) is 70.9 Å². The molecule has 2 heterocycles. The van der Waals surface area contributed by atoms with Crippen LogP contribution in [0.1, 0.15) is 22.3 Å². The van der Waals surface area contributed by atoms with Crippen LogP contribution < -0.4 is 4.90 Å². The van der Waals surface area contributed by atoms with E-state index in [4.69, 9.17) is 0 Å². The third kappa shape index (κ3) is 4.93. The largest absolute Gasteiger partial charge is 0.310 e. The summed E-state index contributed by atoms with van der Waals surface area (Å²) in [5, 5.41) is 9.89. The van der Waals surface area contributed by atoms with E-state index in [1.165, 1.54) is 97.3 Å². The summed E-state index contributed by atoms with van der Waals surface area (Å²) >= 11 is 1.89. The maximum absolute atomic E-state index is 2.50. The van der Waals surface area contributed by atoms with Crippen LogP contribution >= 0.6 is 11.8 Å². The number of aromatic nitrogens is 1. The van der Waals surface area contributed by atoms with Gasteiger partial charge in [-0.15, -0.1) is 0 Å².